The van der Waals surface area contributed by atoms with Crippen LogP contribution >= 0.6 is 11.8 Å². The number of rotatable bonds is 8. The number of esters is 2. The lowest BCUT2D eigenvalue weighted by Gasteiger charge is -2.25. The maximum absolute atomic E-state index is 11.8. The molecular weight excluding hydrogens is 284 g/mol. The van der Waals surface area contributed by atoms with Gasteiger partial charge < -0.3 is 18.9 Å². The molecule has 1 aliphatic heterocycles. The second kappa shape index (κ2) is 9.57. The molecule has 0 amide bonds. The van der Waals surface area contributed by atoms with Gasteiger partial charge in [-0.2, -0.15) is 11.8 Å². The smallest absolute Gasteiger partial charge is 0.347 e. The molecule has 20 heavy (non-hydrogen) atoms. The Kier molecular flexibility index (Phi) is 8.01. The minimum atomic E-state index is -1.46. The number of ether oxygens (including phenoxy) is 4. The van der Waals surface area contributed by atoms with Crippen LogP contribution in [0.4, 0.5) is 0 Å². The molecule has 6 nitrogen and oxygen atoms in total. The Bertz CT molecular complexity index is 327. The van der Waals surface area contributed by atoms with Crippen LogP contribution in [0.1, 0.15) is 0 Å². The Labute approximate surface area is 122 Å². The number of carbonyl (C=O) groups excluding carboxylic acids is 2. The zero-order valence-electron chi connectivity index (χ0n) is 11.1. The fourth-order valence-corrected chi connectivity index (χ4v) is 2.09. The molecule has 1 heterocycles. The van der Waals surface area contributed by atoms with Crippen LogP contribution in [0.25, 0.3) is 0 Å². The largest absolute Gasteiger partial charge is 0.459 e. The quantitative estimate of drug-likeness (QED) is 0.375. The molecule has 0 radical (unpaired) electrons. The molecular formula is C13H18O6S. The van der Waals surface area contributed by atoms with Gasteiger partial charge in [-0.05, 0) is 0 Å². The van der Waals surface area contributed by atoms with E-state index in [-0.39, 0.29) is 13.2 Å². The molecule has 1 unspecified atom stereocenters. The van der Waals surface area contributed by atoms with Crippen molar-refractivity contribution in [2.45, 2.75) is 12.4 Å². The maximum atomic E-state index is 11.8. The summed E-state index contributed by atoms with van der Waals surface area (Å²) in [6.07, 6.45) is 0.707. The Morgan fingerprint density at radius 3 is 2.30 bits per heavy atom. The van der Waals surface area contributed by atoms with E-state index in [4.69, 9.17) is 18.9 Å². The summed E-state index contributed by atoms with van der Waals surface area (Å²) in [4.78, 5) is 23.6. The van der Waals surface area contributed by atoms with Crippen molar-refractivity contribution in [3.63, 3.8) is 0 Å². The summed E-state index contributed by atoms with van der Waals surface area (Å²) >= 11 is 1.62. The molecule has 0 aromatic heterocycles. The fraction of sp³-hybridized carbons (Fsp3) is 0.538. The summed E-state index contributed by atoms with van der Waals surface area (Å²) < 4.78 is 20.3. The van der Waals surface area contributed by atoms with Gasteiger partial charge in [0, 0.05) is 11.5 Å². The average Bonchev–Trinajstić information content (AvgIpc) is 2.48. The van der Waals surface area contributed by atoms with Crippen molar-refractivity contribution in [2.75, 3.05) is 31.3 Å². The van der Waals surface area contributed by atoms with Gasteiger partial charge in [-0.1, -0.05) is 25.3 Å². The van der Waals surface area contributed by atoms with Gasteiger partial charge in [0.2, 0.25) is 0 Å². The van der Waals surface area contributed by atoms with Crippen molar-refractivity contribution in [3.05, 3.63) is 25.3 Å². The maximum Gasteiger partial charge on any atom is 0.347 e. The SMILES string of the molecule is C=CCOC(=O)C(OC1CSCCO1)C(=O)OCC=C. The molecule has 1 aliphatic rings. The lowest BCUT2D eigenvalue weighted by molar-refractivity contribution is -0.199. The van der Waals surface area contributed by atoms with Crippen LogP contribution in [-0.4, -0.2) is 55.7 Å². The normalized spacial score (nSPS) is 18.4. The first kappa shape index (κ1) is 16.7. The predicted molar refractivity (Wildman–Crippen MR) is 74.3 cm³/mol. The first-order chi connectivity index (χ1) is 9.69. The van der Waals surface area contributed by atoms with Gasteiger partial charge in [0.25, 0.3) is 6.10 Å². The molecule has 0 aromatic carbocycles. The van der Waals surface area contributed by atoms with Crippen LogP contribution in [0.2, 0.25) is 0 Å². The molecule has 1 rings (SSSR count). The van der Waals surface area contributed by atoms with Crippen LogP contribution in [0.15, 0.2) is 25.3 Å². The van der Waals surface area contributed by atoms with Crippen molar-refractivity contribution in [2.24, 2.45) is 0 Å². The van der Waals surface area contributed by atoms with E-state index in [1.54, 1.807) is 11.8 Å². The van der Waals surface area contributed by atoms with Crippen molar-refractivity contribution < 1.29 is 28.5 Å². The van der Waals surface area contributed by atoms with E-state index in [0.717, 1.165) is 5.75 Å². The van der Waals surface area contributed by atoms with Crippen molar-refractivity contribution >= 4 is 23.7 Å². The van der Waals surface area contributed by atoms with Gasteiger partial charge in [0.15, 0.2) is 6.29 Å². The van der Waals surface area contributed by atoms with Crippen molar-refractivity contribution in [3.8, 4) is 0 Å². The zero-order valence-corrected chi connectivity index (χ0v) is 11.9. The fourth-order valence-electron chi connectivity index (χ4n) is 1.34. The summed E-state index contributed by atoms with van der Waals surface area (Å²) in [6.45, 7) is 7.35. The molecule has 1 atom stereocenters. The highest BCUT2D eigenvalue weighted by atomic mass is 32.2. The third-order valence-electron chi connectivity index (χ3n) is 2.19. The molecule has 7 heteroatoms. The minimum absolute atomic E-state index is 0.00624. The highest BCUT2D eigenvalue weighted by Crippen LogP contribution is 2.16. The molecule has 0 N–H and O–H groups in total. The standard InChI is InChI=1S/C13H18O6S/c1-3-5-17-12(14)11(13(15)18-6-4-2)19-10-9-20-8-7-16-10/h3-4,10-11H,1-2,5-9H2. The first-order valence-electron chi connectivity index (χ1n) is 6.09. The lowest BCUT2D eigenvalue weighted by Crippen LogP contribution is -2.41. The van der Waals surface area contributed by atoms with Gasteiger partial charge in [-0.25, -0.2) is 9.59 Å². The molecule has 0 aliphatic carbocycles. The molecule has 0 saturated carbocycles. The monoisotopic (exact) mass is 302 g/mol. The third kappa shape index (κ3) is 5.77. The van der Waals surface area contributed by atoms with Crippen molar-refractivity contribution in [1.29, 1.82) is 0 Å². The van der Waals surface area contributed by atoms with Gasteiger partial charge in [-0.3, -0.25) is 0 Å². The molecule has 0 spiro atoms. The van der Waals surface area contributed by atoms with Crippen LogP contribution in [-0.2, 0) is 28.5 Å². The highest BCUT2D eigenvalue weighted by Gasteiger charge is 2.34. The van der Waals surface area contributed by atoms with Gasteiger partial charge >= 0.3 is 11.9 Å². The zero-order chi connectivity index (χ0) is 14.8. The van der Waals surface area contributed by atoms with E-state index in [9.17, 15) is 9.59 Å². The average molecular weight is 302 g/mol. The van der Waals surface area contributed by atoms with E-state index in [1.165, 1.54) is 12.2 Å². The summed E-state index contributed by atoms with van der Waals surface area (Å²) in [5.74, 6) is -0.247. The number of hydrogen-bond acceptors (Lipinski definition) is 7. The Balaban J connectivity index is 2.60. The van der Waals surface area contributed by atoms with E-state index >= 15 is 0 Å². The minimum Gasteiger partial charge on any atom is -0.459 e. The van der Waals surface area contributed by atoms with Crippen LogP contribution in [0.5, 0.6) is 0 Å². The first-order valence-corrected chi connectivity index (χ1v) is 7.24. The van der Waals surface area contributed by atoms with E-state index in [1.807, 2.05) is 0 Å². The lowest BCUT2D eigenvalue weighted by atomic mass is 10.3. The topological polar surface area (TPSA) is 71.1 Å². The molecule has 1 fully saturated rings. The Hall–Kier alpha value is -1.31. The second-order valence-electron chi connectivity index (χ2n) is 3.73. The van der Waals surface area contributed by atoms with Gasteiger partial charge in [-0.15, -0.1) is 0 Å². The summed E-state index contributed by atoms with van der Waals surface area (Å²) in [6, 6.07) is 0. The highest BCUT2D eigenvalue weighted by molar-refractivity contribution is 7.99. The summed E-state index contributed by atoms with van der Waals surface area (Å²) in [5.41, 5.74) is 0. The number of carbonyl (C=O) groups is 2. The second-order valence-corrected chi connectivity index (χ2v) is 4.88. The van der Waals surface area contributed by atoms with E-state index < -0.39 is 24.3 Å². The number of hydrogen-bond donors (Lipinski definition) is 0. The van der Waals surface area contributed by atoms with E-state index in [0.29, 0.717) is 12.4 Å². The number of thioether (sulfide) groups is 1. The van der Waals surface area contributed by atoms with Gasteiger partial charge in [0.05, 0.1) is 6.61 Å². The van der Waals surface area contributed by atoms with E-state index in [2.05, 4.69) is 13.2 Å². The van der Waals surface area contributed by atoms with Crippen LogP contribution in [0, 0.1) is 0 Å². The van der Waals surface area contributed by atoms with Crippen molar-refractivity contribution in [1.82, 2.24) is 0 Å². The molecule has 0 aromatic rings. The van der Waals surface area contributed by atoms with Gasteiger partial charge in [0.1, 0.15) is 13.2 Å². The Morgan fingerprint density at radius 2 is 1.85 bits per heavy atom. The predicted octanol–water partition coefficient (Wildman–Crippen LogP) is 0.919. The van der Waals surface area contributed by atoms with Crippen LogP contribution < -0.4 is 0 Å². The third-order valence-corrected chi connectivity index (χ3v) is 3.15. The van der Waals surface area contributed by atoms with Crippen LogP contribution in [0.3, 0.4) is 0 Å². The summed E-state index contributed by atoms with van der Waals surface area (Å²) in [7, 11) is 0. The molecule has 1 saturated heterocycles. The Morgan fingerprint density at radius 1 is 1.25 bits per heavy atom. The summed E-state index contributed by atoms with van der Waals surface area (Å²) in [5, 5.41) is 0. The molecule has 112 valence electrons. The molecule has 0 bridgehead atoms.